The molecule has 19 heavy (non-hydrogen) atoms. The van der Waals surface area contributed by atoms with Gasteiger partial charge in [-0.3, -0.25) is 5.10 Å². The molecular formula is C14H15N3O2. The summed E-state index contributed by atoms with van der Waals surface area (Å²) in [5.41, 5.74) is 3.41. The maximum atomic E-state index is 5.43. The number of ether oxygens (including phenoxy) is 2. The van der Waals surface area contributed by atoms with Crippen molar-refractivity contribution < 1.29 is 9.47 Å². The molecule has 0 saturated carbocycles. The average molecular weight is 257 g/mol. The number of H-pyrrole nitrogens is 1. The number of nitrogens with zero attached hydrogens (tertiary/aromatic N) is 1. The van der Waals surface area contributed by atoms with E-state index in [0.29, 0.717) is 12.8 Å². The summed E-state index contributed by atoms with van der Waals surface area (Å²) in [5, 5.41) is 10.8. The van der Waals surface area contributed by atoms with Crippen LogP contribution in [0.3, 0.4) is 0 Å². The van der Waals surface area contributed by atoms with Gasteiger partial charge in [0.1, 0.15) is 0 Å². The van der Waals surface area contributed by atoms with E-state index in [0.717, 1.165) is 41.3 Å². The summed E-state index contributed by atoms with van der Waals surface area (Å²) in [4.78, 5) is 0. The lowest BCUT2D eigenvalue weighted by Gasteiger charge is -2.11. The smallest absolute Gasteiger partial charge is 0.231 e. The second kappa shape index (κ2) is 4.28. The van der Waals surface area contributed by atoms with Crippen molar-refractivity contribution in [1.29, 1.82) is 0 Å². The second-order valence-corrected chi connectivity index (χ2v) is 4.91. The molecule has 2 aliphatic rings. The molecule has 98 valence electrons. The van der Waals surface area contributed by atoms with Crippen LogP contribution in [0.15, 0.2) is 24.4 Å². The fourth-order valence-corrected chi connectivity index (χ4v) is 2.79. The zero-order chi connectivity index (χ0) is 12.7. The van der Waals surface area contributed by atoms with E-state index in [1.54, 1.807) is 0 Å². The van der Waals surface area contributed by atoms with Crippen LogP contribution in [0.1, 0.15) is 24.6 Å². The summed E-state index contributed by atoms with van der Waals surface area (Å²) in [6, 6.07) is 6.40. The van der Waals surface area contributed by atoms with Gasteiger partial charge in [-0.05, 0) is 37.1 Å². The van der Waals surface area contributed by atoms with Crippen LogP contribution in [0.5, 0.6) is 11.5 Å². The molecule has 2 aliphatic heterocycles. The quantitative estimate of drug-likeness (QED) is 0.866. The number of aromatic amines is 1. The molecule has 2 N–H and O–H groups in total. The molecule has 1 unspecified atom stereocenters. The van der Waals surface area contributed by atoms with E-state index < -0.39 is 0 Å². The Morgan fingerprint density at radius 1 is 1.21 bits per heavy atom. The van der Waals surface area contributed by atoms with Crippen LogP contribution in [0.25, 0.3) is 11.1 Å². The van der Waals surface area contributed by atoms with E-state index in [4.69, 9.17) is 9.47 Å². The van der Waals surface area contributed by atoms with Crippen molar-refractivity contribution in [1.82, 2.24) is 15.5 Å². The Morgan fingerprint density at radius 3 is 3.05 bits per heavy atom. The molecule has 0 aliphatic carbocycles. The van der Waals surface area contributed by atoms with Gasteiger partial charge in [-0.2, -0.15) is 5.10 Å². The molecule has 1 atom stereocenters. The van der Waals surface area contributed by atoms with Crippen molar-refractivity contribution in [3.05, 3.63) is 30.1 Å². The summed E-state index contributed by atoms with van der Waals surface area (Å²) >= 11 is 0. The number of aromatic nitrogens is 2. The Balaban J connectivity index is 1.74. The minimum absolute atomic E-state index is 0.307. The van der Waals surface area contributed by atoms with Crippen LogP contribution < -0.4 is 14.8 Å². The van der Waals surface area contributed by atoms with Gasteiger partial charge in [-0.15, -0.1) is 0 Å². The zero-order valence-corrected chi connectivity index (χ0v) is 10.5. The van der Waals surface area contributed by atoms with Gasteiger partial charge in [-0.1, -0.05) is 6.07 Å². The highest BCUT2D eigenvalue weighted by Crippen LogP contribution is 2.38. The summed E-state index contributed by atoms with van der Waals surface area (Å²) in [5.74, 6) is 1.62. The van der Waals surface area contributed by atoms with E-state index >= 15 is 0 Å². The van der Waals surface area contributed by atoms with E-state index in [-0.39, 0.29) is 0 Å². The SMILES string of the molecule is c1cc2c(cc1-c1cn[nH]c1C1CCCN1)OCO2. The highest BCUT2D eigenvalue weighted by molar-refractivity contribution is 5.69. The molecule has 1 saturated heterocycles. The van der Waals surface area contributed by atoms with Gasteiger partial charge >= 0.3 is 0 Å². The van der Waals surface area contributed by atoms with Crippen LogP contribution in [-0.4, -0.2) is 23.5 Å². The van der Waals surface area contributed by atoms with E-state index in [9.17, 15) is 0 Å². The third-order valence-corrected chi connectivity index (χ3v) is 3.76. The minimum Gasteiger partial charge on any atom is -0.454 e. The van der Waals surface area contributed by atoms with Crippen molar-refractivity contribution in [2.45, 2.75) is 18.9 Å². The minimum atomic E-state index is 0.307. The summed E-state index contributed by atoms with van der Waals surface area (Å²) in [6.07, 6.45) is 4.25. The molecule has 4 rings (SSSR count). The monoisotopic (exact) mass is 257 g/mol. The first-order valence-corrected chi connectivity index (χ1v) is 6.58. The number of hydrogen-bond donors (Lipinski definition) is 2. The Kier molecular flexibility index (Phi) is 2.45. The van der Waals surface area contributed by atoms with Crippen LogP contribution >= 0.6 is 0 Å². The molecular weight excluding hydrogens is 242 g/mol. The lowest BCUT2D eigenvalue weighted by Crippen LogP contribution is -2.14. The van der Waals surface area contributed by atoms with Crippen molar-refractivity contribution in [2.24, 2.45) is 0 Å². The van der Waals surface area contributed by atoms with Gasteiger partial charge < -0.3 is 14.8 Å². The summed E-state index contributed by atoms with van der Waals surface area (Å²) in [6.45, 7) is 1.38. The van der Waals surface area contributed by atoms with Crippen LogP contribution in [0, 0.1) is 0 Å². The fraction of sp³-hybridized carbons (Fsp3) is 0.357. The van der Waals surface area contributed by atoms with Crippen LogP contribution in [-0.2, 0) is 0 Å². The molecule has 5 heteroatoms. The van der Waals surface area contributed by atoms with Crippen molar-refractivity contribution in [2.75, 3.05) is 13.3 Å². The van der Waals surface area contributed by atoms with Crippen LogP contribution in [0.2, 0.25) is 0 Å². The largest absolute Gasteiger partial charge is 0.454 e. The van der Waals surface area contributed by atoms with Gasteiger partial charge in [-0.25, -0.2) is 0 Å². The summed E-state index contributed by atoms with van der Waals surface area (Å²) < 4.78 is 10.8. The number of nitrogens with one attached hydrogen (secondary N) is 2. The first-order chi connectivity index (χ1) is 9.42. The maximum Gasteiger partial charge on any atom is 0.231 e. The highest BCUT2D eigenvalue weighted by Gasteiger charge is 2.22. The van der Waals surface area contributed by atoms with Crippen molar-refractivity contribution >= 4 is 0 Å². The molecule has 5 nitrogen and oxygen atoms in total. The molecule has 0 amide bonds. The first kappa shape index (κ1) is 10.9. The first-order valence-electron chi connectivity index (χ1n) is 6.58. The Hall–Kier alpha value is -2.01. The number of rotatable bonds is 2. The van der Waals surface area contributed by atoms with Gasteiger partial charge in [0.05, 0.1) is 11.9 Å². The number of benzene rings is 1. The Bertz CT molecular complexity index is 602. The van der Waals surface area contributed by atoms with E-state index in [2.05, 4.69) is 21.6 Å². The lowest BCUT2D eigenvalue weighted by atomic mass is 10.0. The fourth-order valence-electron chi connectivity index (χ4n) is 2.79. The number of hydrogen-bond acceptors (Lipinski definition) is 4. The normalized spacial score (nSPS) is 20.9. The number of fused-ring (bicyclic) bond motifs is 1. The molecule has 1 aromatic heterocycles. The third kappa shape index (κ3) is 1.77. The average Bonchev–Trinajstić information content (AvgIpc) is 3.18. The highest BCUT2D eigenvalue weighted by atomic mass is 16.7. The summed E-state index contributed by atoms with van der Waals surface area (Å²) in [7, 11) is 0. The standard InChI is InChI=1S/C14H15N3O2/c1-2-11(15-5-1)14-10(7-16-17-14)9-3-4-12-13(6-9)19-8-18-12/h3-4,6-7,11,15H,1-2,5,8H2,(H,16,17). The molecule has 0 radical (unpaired) electrons. The predicted octanol–water partition coefficient (Wildman–Crippen LogP) is 2.23. The van der Waals surface area contributed by atoms with Gasteiger partial charge in [0, 0.05) is 11.6 Å². The van der Waals surface area contributed by atoms with Gasteiger partial charge in [0.25, 0.3) is 0 Å². The molecule has 0 spiro atoms. The van der Waals surface area contributed by atoms with E-state index in [1.165, 1.54) is 6.42 Å². The third-order valence-electron chi connectivity index (χ3n) is 3.76. The zero-order valence-electron chi connectivity index (χ0n) is 10.5. The molecule has 2 aromatic rings. The molecule has 1 fully saturated rings. The van der Waals surface area contributed by atoms with Crippen LogP contribution in [0.4, 0.5) is 0 Å². The van der Waals surface area contributed by atoms with Crippen molar-refractivity contribution in [3.8, 4) is 22.6 Å². The maximum absolute atomic E-state index is 5.43. The lowest BCUT2D eigenvalue weighted by molar-refractivity contribution is 0.174. The molecule has 0 bridgehead atoms. The topological polar surface area (TPSA) is 59.2 Å². The van der Waals surface area contributed by atoms with E-state index in [1.807, 2.05) is 18.3 Å². The predicted molar refractivity (Wildman–Crippen MR) is 70.1 cm³/mol. The Morgan fingerprint density at radius 2 is 2.16 bits per heavy atom. The van der Waals surface area contributed by atoms with Gasteiger partial charge in [0.15, 0.2) is 11.5 Å². The van der Waals surface area contributed by atoms with Crippen molar-refractivity contribution in [3.63, 3.8) is 0 Å². The molecule has 3 heterocycles. The Labute approximate surface area is 110 Å². The second-order valence-electron chi connectivity index (χ2n) is 4.91. The van der Waals surface area contributed by atoms with Gasteiger partial charge in [0.2, 0.25) is 6.79 Å². The molecule has 1 aromatic carbocycles.